The Hall–Kier alpha value is -1.26. The van der Waals surface area contributed by atoms with E-state index in [0.717, 1.165) is 37.2 Å². The molecule has 1 aromatic carbocycles. The number of rotatable bonds is 11. The summed E-state index contributed by atoms with van der Waals surface area (Å²) in [7, 11) is 0. The summed E-state index contributed by atoms with van der Waals surface area (Å²) in [6.45, 7) is 6.64. The molecule has 0 aliphatic heterocycles. The summed E-state index contributed by atoms with van der Waals surface area (Å²) in [5, 5.41) is 9.31. The van der Waals surface area contributed by atoms with Crippen LogP contribution in [0.4, 0.5) is 0 Å². The molecule has 114 valence electrons. The summed E-state index contributed by atoms with van der Waals surface area (Å²) in [6.07, 6.45) is 3.16. The summed E-state index contributed by atoms with van der Waals surface area (Å²) in [5.41, 5.74) is 0.766. The van der Waals surface area contributed by atoms with Crippen LogP contribution in [-0.2, 0) is 11.3 Å². The van der Waals surface area contributed by atoms with Crippen molar-refractivity contribution in [2.75, 3.05) is 26.4 Å². The van der Waals surface area contributed by atoms with E-state index in [1.807, 2.05) is 18.2 Å². The predicted molar refractivity (Wildman–Crippen MR) is 79.4 cm³/mol. The second-order valence-corrected chi connectivity index (χ2v) is 4.59. The van der Waals surface area contributed by atoms with Crippen molar-refractivity contribution in [1.82, 2.24) is 0 Å². The number of unbranched alkanes of at least 4 members (excludes halogenated alkanes) is 1. The van der Waals surface area contributed by atoms with Crippen molar-refractivity contribution < 1.29 is 19.3 Å². The van der Waals surface area contributed by atoms with Crippen LogP contribution in [-0.4, -0.2) is 31.5 Å². The summed E-state index contributed by atoms with van der Waals surface area (Å²) in [5.74, 6) is 1.44. The molecule has 4 heteroatoms. The second kappa shape index (κ2) is 10.5. The Labute approximate surface area is 121 Å². The number of ether oxygens (including phenoxy) is 3. The molecule has 20 heavy (non-hydrogen) atoms. The van der Waals surface area contributed by atoms with Crippen LogP contribution in [0, 0.1) is 0 Å². The van der Waals surface area contributed by atoms with E-state index in [9.17, 15) is 5.11 Å². The maximum absolute atomic E-state index is 9.31. The van der Waals surface area contributed by atoms with Gasteiger partial charge in [-0.15, -0.1) is 0 Å². The van der Waals surface area contributed by atoms with Gasteiger partial charge in [0, 0.05) is 18.2 Å². The van der Waals surface area contributed by atoms with Crippen LogP contribution in [0.1, 0.15) is 38.7 Å². The third kappa shape index (κ3) is 6.26. The van der Waals surface area contributed by atoms with Crippen molar-refractivity contribution in [3.8, 4) is 11.5 Å². The maximum Gasteiger partial charge on any atom is 0.128 e. The molecule has 0 aromatic heterocycles. The fourth-order valence-corrected chi connectivity index (χ4v) is 1.67. The average Bonchev–Trinajstić information content (AvgIpc) is 2.48. The SMILES string of the molecule is CCCCOCCOc1cc(OCCC)ccc1CO. The van der Waals surface area contributed by atoms with Gasteiger partial charge in [0.1, 0.15) is 18.1 Å². The van der Waals surface area contributed by atoms with Crippen molar-refractivity contribution in [3.63, 3.8) is 0 Å². The lowest BCUT2D eigenvalue weighted by Gasteiger charge is -2.12. The van der Waals surface area contributed by atoms with E-state index in [0.29, 0.717) is 25.6 Å². The van der Waals surface area contributed by atoms with Crippen LogP contribution >= 0.6 is 0 Å². The minimum absolute atomic E-state index is 0.0416. The standard InChI is InChI=1S/C16H26O4/c1-3-5-9-18-10-11-20-16-12-15(19-8-4-2)7-6-14(16)13-17/h6-7,12,17H,3-5,8-11,13H2,1-2H3. The van der Waals surface area contributed by atoms with Gasteiger partial charge in [0.25, 0.3) is 0 Å². The Morgan fingerprint density at radius 3 is 2.50 bits per heavy atom. The molecule has 0 fully saturated rings. The molecule has 0 bridgehead atoms. The third-order valence-electron chi connectivity index (χ3n) is 2.81. The first kappa shape index (κ1) is 16.8. The van der Waals surface area contributed by atoms with Crippen molar-refractivity contribution in [3.05, 3.63) is 23.8 Å². The zero-order chi connectivity index (χ0) is 14.6. The minimum atomic E-state index is -0.0416. The van der Waals surface area contributed by atoms with Gasteiger partial charge in [-0.25, -0.2) is 0 Å². The zero-order valence-electron chi connectivity index (χ0n) is 12.6. The Balaban J connectivity index is 2.44. The first-order valence-corrected chi connectivity index (χ1v) is 7.38. The molecular formula is C16H26O4. The quantitative estimate of drug-likeness (QED) is 0.633. The van der Waals surface area contributed by atoms with Gasteiger partial charge in [-0.3, -0.25) is 0 Å². The number of benzene rings is 1. The van der Waals surface area contributed by atoms with Crippen LogP contribution in [0.3, 0.4) is 0 Å². The van der Waals surface area contributed by atoms with E-state index >= 15 is 0 Å². The van der Waals surface area contributed by atoms with Crippen LogP contribution in [0.15, 0.2) is 18.2 Å². The van der Waals surface area contributed by atoms with E-state index in [2.05, 4.69) is 13.8 Å². The zero-order valence-corrected chi connectivity index (χ0v) is 12.6. The molecule has 0 saturated carbocycles. The number of aliphatic hydroxyl groups excluding tert-OH is 1. The lowest BCUT2D eigenvalue weighted by molar-refractivity contribution is 0.0970. The van der Waals surface area contributed by atoms with Crippen molar-refractivity contribution in [2.45, 2.75) is 39.7 Å². The first-order valence-electron chi connectivity index (χ1n) is 7.38. The van der Waals surface area contributed by atoms with Gasteiger partial charge in [0.2, 0.25) is 0 Å². The smallest absolute Gasteiger partial charge is 0.128 e. The molecule has 0 radical (unpaired) electrons. The molecule has 0 amide bonds. The Kier molecular flexibility index (Phi) is 8.83. The van der Waals surface area contributed by atoms with Gasteiger partial charge in [0.15, 0.2) is 0 Å². The second-order valence-electron chi connectivity index (χ2n) is 4.59. The largest absolute Gasteiger partial charge is 0.493 e. The van der Waals surface area contributed by atoms with Crippen LogP contribution in [0.5, 0.6) is 11.5 Å². The molecule has 1 rings (SSSR count). The van der Waals surface area contributed by atoms with Crippen molar-refractivity contribution in [2.24, 2.45) is 0 Å². The highest BCUT2D eigenvalue weighted by atomic mass is 16.5. The summed E-state index contributed by atoms with van der Waals surface area (Å²) >= 11 is 0. The third-order valence-corrected chi connectivity index (χ3v) is 2.81. The highest BCUT2D eigenvalue weighted by Gasteiger charge is 2.05. The first-order chi connectivity index (χ1) is 9.81. The Morgan fingerprint density at radius 2 is 1.80 bits per heavy atom. The molecule has 0 saturated heterocycles. The predicted octanol–water partition coefficient (Wildman–Crippen LogP) is 3.16. The average molecular weight is 282 g/mol. The lowest BCUT2D eigenvalue weighted by atomic mass is 10.2. The van der Waals surface area contributed by atoms with Gasteiger partial charge < -0.3 is 19.3 Å². The van der Waals surface area contributed by atoms with Gasteiger partial charge >= 0.3 is 0 Å². The highest BCUT2D eigenvalue weighted by Crippen LogP contribution is 2.25. The topological polar surface area (TPSA) is 47.9 Å². The molecule has 0 aliphatic carbocycles. The molecule has 0 unspecified atom stereocenters. The van der Waals surface area contributed by atoms with E-state index < -0.39 is 0 Å². The monoisotopic (exact) mass is 282 g/mol. The van der Waals surface area contributed by atoms with E-state index in [4.69, 9.17) is 14.2 Å². The molecule has 4 nitrogen and oxygen atoms in total. The number of hydrogen-bond acceptors (Lipinski definition) is 4. The summed E-state index contributed by atoms with van der Waals surface area (Å²) < 4.78 is 16.7. The number of hydrogen-bond donors (Lipinski definition) is 1. The molecule has 0 atom stereocenters. The maximum atomic E-state index is 9.31. The minimum Gasteiger partial charge on any atom is -0.493 e. The highest BCUT2D eigenvalue weighted by molar-refractivity contribution is 5.40. The van der Waals surface area contributed by atoms with E-state index in [1.54, 1.807) is 0 Å². The molecule has 0 aliphatic rings. The Morgan fingerprint density at radius 1 is 0.950 bits per heavy atom. The molecule has 0 heterocycles. The molecular weight excluding hydrogens is 256 g/mol. The molecule has 0 spiro atoms. The Bertz CT molecular complexity index is 365. The molecule has 1 N–H and O–H groups in total. The van der Waals surface area contributed by atoms with Crippen LogP contribution in [0.2, 0.25) is 0 Å². The van der Waals surface area contributed by atoms with Gasteiger partial charge in [-0.1, -0.05) is 20.3 Å². The van der Waals surface area contributed by atoms with Crippen LogP contribution < -0.4 is 9.47 Å². The number of aliphatic hydroxyl groups is 1. The van der Waals surface area contributed by atoms with Gasteiger partial charge in [-0.2, -0.15) is 0 Å². The van der Waals surface area contributed by atoms with Gasteiger partial charge in [-0.05, 0) is 25.0 Å². The molecule has 1 aromatic rings. The normalized spacial score (nSPS) is 10.6. The van der Waals surface area contributed by atoms with Crippen molar-refractivity contribution in [1.29, 1.82) is 0 Å². The van der Waals surface area contributed by atoms with E-state index in [-0.39, 0.29) is 6.61 Å². The van der Waals surface area contributed by atoms with E-state index in [1.165, 1.54) is 0 Å². The van der Waals surface area contributed by atoms with Crippen molar-refractivity contribution >= 4 is 0 Å². The lowest BCUT2D eigenvalue weighted by Crippen LogP contribution is -2.09. The summed E-state index contributed by atoms with van der Waals surface area (Å²) in [6, 6.07) is 5.51. The van der Waals surface area contributed by atoms with Crippen LogP contribution in [0.25, 0.3) is 0 Å². The summed E-state index contributed by atoms with van der Waals surface area (Å²) in [4.78, 5) is 0. The van der Waals surface area contributed by atoms with Gasteiger partial charge in [0.05, 0.1) is 19.8 Å². The fraction of sp³-hybridized carbons (Fsp3) is 0.625. The fourth-order valence-electron chi connectivity index (χ4n) is 1.67.